The maximum Gasteiger partial charge on any atom is 0.338 e. The first kappa shape index (κ1) is 28.7. The van der Waals surface area contributed by atoms with E-state index in [9.17, 15) is 45.3 Å². The standard InChI is InChI=1S/C27H28O13/c1-10-4-12-5-14(37-3)8-17(20(12)23(33)19(10)11(2)28)39-27-25(35)24(34)22(32)18(40-27)9-38-26(36)13-6-15(29)21(31)16(30)7-13/h4-8,18,22,24-25,27,29-35H,9H2,1-3H3/t18-,22-,24+,25-,27-/m1/s1. The fourth-order valence-electron chi connectivity index (χ4n) is 4.49. The number of benzene rings is 3. The molecule has 3 aromatic rings. The molecule has 1 aliphatic rings. The van der Waals surface area contributed by atoms with Gasteiger partial charge in [0.05, 0.1) is 23.6 Å². The van der Waals surface area contributed by atoms with Crippen LogP contribution in [0.3, 0.4) is 0 Å². The van der Waals surface area contributed by atoms with Crippen LogP contribution in [0.1, 0.15) is 33.2 Å². The van der Waals surface area contributed by atoms with E-state index in [0.29, 0.717) is 16.7 Å². The molecule has 4 rings (SSSR count). The summed E-state index contributed by atoms with van der Waals surface area (Å²) in [5.41, 5.74) is 0.224. The first-order valence-corrected chi connectivity index (χ1v) is 12.0. The third kappa shape index (κ3) is 5.27. The van der Waals surface area contributed by atoms with Crippen molar-refractivity contribution in [3.8, 4) is 34.5 Å². The van der Waals surface area contributed by atoms with Crippen LogP contribution in [0, 0.1) is 6.92 Å². The van der Waals surface area contributed by atoms with E-state index in [1.807, 2.05) is 0 Å². The Morgan fingerprint density at radius 1 is 0.900 bits per heavy atom. The molecule has 0 spiro atoms. The van der Waals surface area contributed by atoms with Crippen LogP contribution < -0.4 is 9.47 Å². The van der Waals surface area contributed by atoms with Gasteiger partial charge in [-0.15, -0.1) is 0 Å². The van der Waals surface area contributed by atoms with Crippen LogP contribution in [0.25, 0.3) is 10.8 Å². The molecule has 5 atom stereocenters. The minimum atomic E-state index is -1.82. The van der Waals surface area contributed by atoms with Crippen molar-refractivity contribution in [1.82, 2.24) is 0 Å². The second kappa shape index (κ2) is 11.1. The number of aliphatic hydroxyl groups is 3. The number of aromatic hydroxyl groups is 4. The summed E-state index contributed by atoms with van der Waals surface area (Å²) in [4.78, 5) is 24.6. The van der Waals surface area contributed by atoms with Crippen molar-refractivity contribution in [2.24, 2.45) is 0 Å². The molecule has 0 radical (unpaired) electrons. The number of methoxy groups -OCH3 is 1. The number of aryl methyl sites for hydroxylation is 1. The topological polar surface area (TPSA) is 213 Å². The monoisotopic (exact) mass is 560 g/mol. The molecule has 1 saturated heterocycles. The third-order valence-electron chi connectivity index (χ3n) is 6.53. The Morgan fingerprint density at radius 2 is 1.55 bits per heavy atom. The average Bonchev–Trinajstić information content (AvgIpc) is 2.90. The number of carbonyl (C=O) groups is 2. The Hall–Kier alpha value is -4.30. The number of ether oxygens (including phenoxy) is 4. The van der Waals surface area contributed by atoms with Crippen LogP contribution in [0.15, 0.2) is 30.3 Å². The summed E-state index contributed by atoms with van der Waals surface area (Å²) in [6.07, 6.45) is -8.42. The van der Waals surface area contributed by atoms with Gasteiger partial charge in [0.2, 0.25) is 6.29 Å². The van der Waals surface area contributed by atoms with Crippen molar-refractivity contribution in [2.45, 2.75) is 44.6 Å². The van der Waals surface area contributed by atoms with E-state index >= 15 is 0 Å². The number of ketones is 1. The van der Waals surface area contributed by atoms with Gasteiger partial charge in [-0.25, -0.2) is 4.79 Å². The van der Waals surface area contributed by atoms with Crippen LogP contribution >= 0.6 is 0 Å². The van der Waals surface area contributed by atoms with Crippen LogP contribution in [0.4, 0.5) is 0 Å². The Kier molecular flexibility index (Phi) is 7.93. The van der Waals surface area contributed by atoms with Gasteiger partial charge in [0.25, 0.3) is 0 Å². The molecule has 13 nitrogen and oxygen atoms in total. The molecular formula is C27H28O13. The molecular weight excluding hydrogens is 532 g/mol. The van der Waals surface area contributed by atoms with Gasteiger partial charge in [0.1, 0.15) is 48.3 Å². The SMILES string of the molecule is COc1cc(O[C@@H]2O[C@H](COC(=O)c3cc(O)c(O)c(O)c3)[C@@H](O)[C@H](O)[C@H]2O)c2c(O)c(C(C)=O)c(C)cc2c1. The fourth-order valence-corrected chi connectivity index (χ4v) is 4.49. The molecule has 0 bridgehead atoms. The Bertz CT molecular complexity index is 1440. The highest BCUT2D eigenvalue weighted by atomic mass is 16.7. The second-order valence-corrected chi connectivity index (χ2v) is 9.29. The number of hydrogen-bond donors (Lipinski definition) is 7. The van der Waals surface area contributed by atoms with Crippen molar-refractivity contribution < 1.29 is 64.3 Å². The summed E-state index contributed by atoms with van der Waals surface area (Å²) in [6, 6.07) is 6.29. The van der Waals surface area contributed by atoms with Crippen molar-refractivity contribution in [2.75, 3.05) is 13.7 Å². The van der Waals surface area contributed by atoms with Gasteiger partial charge in [-0.05, 0) is 43.0 Å². The van der Waals surface area contributed by atoms with E-state index in [4.69, 9.17) is 18.9 Å². The van der Waals surface area contributed by atoms with E-state index in [0.717, 1.165) is 12.1 Å². The highest BCUT2D eigenvalue weighted by Gasteiger charge is 2.46. The molecule has 1 aliphatic heterocycles. The molecule has 0 amide bonds. The van der Waals surface area contributed by atoms with Crippen LogP contribution in [0.5, 0.6) is 34.5 Å². The van der Waals surface area contributed by atoms with E-state index in [2.05, 4.69) is 0 Å². The zero-order valence-electron chi connectivity index (χ0n) is 21.6. The molecule has 214 valence electrons. The predicted octanol–water partition coefficient (Wildman–Crippen LogP) is 1.23. The van der Waals surface area contributed by atoms with Gasteiger partial charge in [0, 0.05) is 6.07 Å². The number of hydrogen-bond acceptors (Lipinski definition) is 13. The predicted molar refractivity (Wildman–Crippen MR) is 136 cm³/mol. The normalized spacial score (nSPS) is 22.6. The van der Waals surface area contributed by atoms with Crippen LogP contribution in [0.2, 0.25) is 0 Å². The average molecular weight is 561 g/mol. The van der Waals surface area contributed by atoms with Gasteiger partial charge >= 0.3 is 5.97 Å². The molecule has 0 unspecified atom stereocenters. The number of aliphatic hydroxyl groups excluding tert-OH is 3. The molecule has 13 heteroatoms. The lowest BCUT2D eigenvalue weighted by atomic mass is 9.96. The lowest BCUT2D eigenvalue weighted by molar-refractivity contribution is -0.277. The van der Waals surface area contributed by atoms with Crippen LogP contribution in [-0.2, 0) is 9.47 Å². The van der Waals surface area contributed by atoms with Crippen molar-refractivity contribution >= 4 is 22.5 Å². The van der Waals surface area contributed by atoms with Crippen molar-refractivity contribution in [3.05, 3.63) is 47.0 Å². The summed E-state index contributed by atoms with van der Waals surface area (Å²) >= 11 is 0. The number of rotatable bonds is 7. The molecule has 40 heavy (non-hydrogen) atoms. The Balaban J connectivity index is 1.62. The first-order chi connectivity index (χ1) is 18.8. The van der Waals surface area contributed by atoms with E-state index in [-0.39, 0.29) is 28.0 Å². The first-order valence-electron chi connectivity index (χ1n) is 12.0. The zero-order valence-corrected chi connectivity index (χ0v) is 21.6. The molecule has 7 N–H and O–H groups in total. The summed E-state index contributed by atoms with van der Waals surface area (Å²) in [5.74, 6) is -4.01. The smallest absolute Gasteiger partial charge is 0.338 e. The number of Topliss-reactive ketones (excluding diaryl/α,β-unsaturated/α-hetero) is 1. The van der Waals surface area contributed by atoms with E-state index in [1.165, 1.54) is 20.1 Å². The summed E-state index contributed by atoms with van der Waals surface area (Å²) in [6.45, 7) is 2.27. The Labute approximate surface area is 227 Å². The number of carbonyl (C=O) groups excluding carboxylic acids is 2. The van der Waals surface area contributed by atoms with Crippen molar-refractivity contribution in [3.63, 3.8) is 0 Å². The van der Waals surface area contributed by atoms with E-state index < -0.39 is 66.3 Å². The lowest BCUT2D eigenvalue weighted by Crippen LogP contribution is -2.60. The molecule has 0 saturated carbocycles. The van der Waals surface area contributed by atoms with Crippen molar-refractivity contribution in [1.29, 1.82) is 0 Å². The third-order valence-corrected chi connectivity index (χ3v) is 6.53. The molecule has 3 aromatic carbocycles. The largest absolute Gasteiger partial charge is 0.506 e. The molecule has 0 aromatic heterocycles. The minimum absolute atomic E-state index is 0.0548. The zero-order chi connectivity index (χ0) is 29.5. The van der Waals surface area contributed by atoms with Gasteiger partial charge < -0.3 is 54.7 Å². The fraction of sp³-hybridized carbons (Fsp3) is 0.333. The quantitative estimate of drug-likeness (QED) is 0.123. The Morgan fingerprint density at radius 3 is 2.15 bits per heavy atom. The summed E-state index contributed by atoms with van der Waals surface area (Å²) in [5, 5.41) is 71.7. The minimum Gasteiger partial charge on any atom is -0.506 e. The number of phenolic OH excluding ortho intramolecular Hbond substituents is 4. The number of fused-ring (bicyclic) bond motifs is 1. The van der Waals surface area contributed by atoms with Gasteiger partial charge in [-0.3, -0.25) is 4.79 Å². The number of esters is 1. The van der Waals surface area contributed by atoms with Crippen LogP contribution in [-0.4, -0.2) is 91.9 Å². The highest BCUT2D eigenvalue weighted by Crippen LogP contribution is 2.42. The maximum atomic E-state index is 12.4. The molecule has 1 heterocycles. The lowest BCUT2D eigenvalue weighted by Gasteiger charge is -2.40. The molecule has 0 aliphatic carbocycles. The summed E-state index contributed by atoms with van der Waals surface area (Å²) in [7, 11) is 1.39. The van der Waals surface area contributed by atoms with Gasteiger partial charge in [-0.2, -0.15) is 0 Å². The highest BCUT2D eigenvalue weighted by molar-refractivity contribution is 6.07. The number of phenols is 4. The van der Waals surface area contributed by atoms with E-state index in [1.54, 1.807) is 19.1 Å². The summed E-state index contributed by atoms with van der Waals surface area (Å²) < 4.78 is 21.8. The molecule has 1 fully saturated rings. The van der Waals surface area contributed by atoms with Gasteiger partial charge in [0.15, 0.2) is 23.0 Å². The van der Waals surface area contributed by atoms with Gasteiger partial charge in [-0.1, -0.05) is 6.07 Å². The maximum absolute atomic E-state index is 12.4. The second-order valence-electron chi connectivity index (χ2n) is 9.29.